The molecule has 1 aliphatic heterocycles. The third-order valence-electron chi connectivity index (χ3n) is 10.5. The average Bonchev–Trinajstić information content (AvgIpc) is 3.83. The lowest BCUT2D eigenvalue weighted by Gasteiger charge is -2.23. The number of hydrogen-bond acceptors (Lipinski definition) is 12. The molecule has 0 radical (unpaired) electrons. The van der Waals surface area contributed by atoms with Crippen molar-refractivity contribution in [2.45, 2.75) is 153 Å². The molecule has 2 aromatic rings. The van der Waals surface area contributed by atoms with Gasteiger partial charge in [0.25, 0.3) is 0 Å². The van der Waals surface area contributed by atoms with E-state index in [-0.39, 0.29) is 25.5 Å². The van der Waals surface area contributed by atoms with E-state index < -0.39 is 44.4 Å². The van der Waals surface area contributed by atoms with Crippen LogP contribution < -0.4 is 4.74 Å². The fraction of sp³-hybridized carbons (Fsp3) is 0.674. The molecule has 0 bridgehead atoms. The van der Waals surface area contributed by atoms with Gasteiger partial charge in [-0.25, -0.2) is 9.56 Å². The first kappa shape index (κ1) is 49.9. The summed E-state index contributed by atoms with van der Waals surface area (Å²) in [6, 6.07) is 12.1. The third kappa shape index (κ3) is 16.8. The van der Waals surface area contributed by atoms with E-state index in [1.165, 1.54) is 96.6 Å². The largest absolute Gasteiger partial charge is 0.495 e. The van der Waals surface area contributed by atoms with E-state index in [9.17, 15) is 30.2 Å². The molecule has 3 rings (SSSR count). The molecule has 15 nitrogen and oxygen atoms in total. The van der Waals surface area contributed by atoms with Crippen LogP contribution in [-0.4, -0.2) is 90.1 Å². The molecule has 6 atom stereocenters. The van der Waals surface area contributed by atoms with Crippen LogP contribution in [0.3, 0.4) is 0 Å². The molecule has 1 saturated heterocycles. The van der Waals surface area contributed by atoms with E-state index in [2.05, 4.69) is 23.0 Å². The number of methoxy groups -OCH3 is 1. The summed E-state index contributed by atoms with van der Waals surface area (Å²) in [6.45, 7) is 3.43. The molecule has 1 unspecified atom stereocenters. The number of unbranched alkanes of at least 4 members (excludes halogenated alkanes) is 15. The molecular formula is C43H66N5O10P. The minimum absolute atomic E-state index is 0.0651. The monoisotopic (exact) mass is 843 g/mol. The Balaban J connectivity index is 1.45. The number of aromatic amines is 1. The molecular weight excluding hydrogens is 777 g/mol. The van der Waals surface area contributed by atoms with E-state index >= 15 is 0 Å². The summed E-state index contributed by atoms with van der Waals surface area (Å²) in [6.07, 6.45) is 15.6. The number of phosphoric ester groups is 1. The van der Waals surface area contributed by atoms with Gasteiger partial charge < -0.3 is 39.0 Å². The fourth-order valence-electron chi connectivity index (χ4n) is 6.94. The number of hydrogen-bond donors (Lipinski definition) is 5. The van der Waals surface area contributed by atoms with E-state index in [1.807, 2.05) is 6.07 Å². The first-order chi connectivity index (χ1) is 28.5. The first-order valence-electron chi connectivity index (χ1n) is 21.1. The molecule has 1 aromatic carbocycles. The van der Waals surface area contributed by atoms with Crippen molar-refractivity contribution in [3.05, 3.63) is 52.8 Å². The van der Waals surface area contributed by atoms with Gasteiger partial charge in [0.15, 0.2) is 0 Å². The Bertz CT molecular complexity index is 1690. The second kappa shape index (κ2) is 27.4. The molecule has 2 heterocycles. The SMILES string of the molecule is CCCCCCCCCCCCCCCCCCOC[C@H](COP(=O)(O)OC[C@H]1O[C@@](C#N)(c2ccc(/C(C)=N\C=N)[nH]2)[C@H](O)[C@@H]1O)OCc1ccc(C#N)c(OC)c1. The van der Waals surface area contributed by atoms with Crippen molar-refractivity contribution in [2.75, 3.05) is 33.5 Å². The van der Waals surface area contributed by atoms with Gasteiger partial charge in [0, 0.05) is 6.61 Å². The van der Waals surface area contributed by atoms with Crippen molar-refractivity contribution in [1.82, 2.24) is 4.98 Å². The summed E-state index contributed by atoms with van der Waals surface area (Å²) >= 11 is 0. The molecule has 1 aliphatic rings. The van der Waals surface area contributed by atoms with Crippen LogP contribution in [0.15, 0.2) is 35.3 Å². The number of aliphatic hydroxyl groups is 2. The zero-order chi connectivity index (χ0) is 42.9. The van der Waals surface area contributed by atoms with Gasteiger partial charge in [-0.3, -0.25) is 14.5 Å². The maximum absolute atomic E-state index is 13.0. The van der Waals surface area contributed by atoms with Gasteiger partial charge in [0.05, 0.1) is 56.2 Å². The Hall–Kier alpha value is -3.47. The van der Waals surface area contributed by atoms with Gasteiger partial charge in [0.2, 0.25) is 5.60 Å². The van der Waals surface area contributed by atoms with Crippen molar-refractivity contribution in [1.29, 1.82) is 15.9 Å². The first-order valence-corrected chi connectivity index (χ1v) is 22.6. The maximum atomic E-state index is 13.0. The highest BCUT2D eigenvalue weighted by molar-refractivity contribution is 7.47. The fourth-order valence-corrected chi connectivity index (χ4v) is 7.71. The number of ether oxygens (including phenoxy) is 4. The molecule has 328 valence electrons. The number of H-pyrrole nitrogens is 1. The lowest BCUT2D eigenvalue weighted by Crippen LogP contribution is -2.40. The average molecular weight is 844 g/mol. The van der Waals surface area contributed by atoms with Crippen LogP contribution >= 0.6 is 7.82 Å². The highest BCUT2D eigenvalue weighted by Crippen LogP contribution is 2.46. The van der Waals surface area contributed by atoms with Gasteiger partial charge in [-0.15, -0.1) is 0 Å². The number of nitriles is 2. The van der Waals surface area contributed by atoms with Crippen LogP contribution in [0.1, 0.15) is 139 Å². The smallest absolute Gasteiger partial charge is 0.472 e. The normalized spacial score (nSPS) is 20.8. The lowest BCUT2D eigenvalue weighted by molar-refractivity contribution is -0.0682. The zero-order valence-corrected chi connectivity index (χ0v) is 36.0. The topological polar surface area (TPSA) is 233 Å². The molecule has 0 aliphatic carbocycles. The standard InChI is InChI=1S/C43H66N5O10P/c1-4-5-6-7-8-9-10-11-12-13-14-15-16-17-18-19-24-54-28-36(55-27-34-20-21-35(26-44)38(25-34)53-3)29-56-59(51,52)57-30-39-41(49)42(50)43(31-45,58-39)40-23-22-37(48-40)33(2)47-32-46/h20-23,25,32,36,39,41-42,46,48-50H,4-19,24,27-30H2,1-3H3,(H,51,52)/b46-32?,47-33-/t36-,39-,41-,42-,43+/m1/s1. The van der Waals surface area contributed by atoms with E-state index in [0.717, 1.165) is 25.6 Å². The predicted octanol–water partition coefficient (Wildman–Crippen LogP) is 8.15. The predicted molar refractivity (Wildman–Crippen MR) is 224 cm³/mol. The molecule has 0 amide bonds. The number of aromatic nitrogens is 1. The Morgan fingerprint density at radius 1 is 0.966 bits per heavy atom. The number of benzene rings is 1. The summed E-state index contributed by atoms with van der Waals surface area (Å²) in [7, 11) is -3.31. The van der Waals surface area contributed by atoms with Crippen molar-refractivity contribution in [3.63, 3.8) is 0 Å². The van der Waals surface area contributed by atoms with Gasteiger partial charge in [0.1, 0.15) is 48.6 Å². The van der Waals surface area contributed by atoms with Crippen molar-refractivity contribution < 1.29 is 47.7 Å². The number of aliphatic hydroxyl groups excluding tert-OH is 2. The molecule has 59 heavy (non-hydrogen) atoms. The minimum atomic E-state index is -4.77. The molecule has 16 heteroatoms. The third-order valence-corrected chi connectivity index (χ3v) is 11.5. The summed E-state index contributed by atoms with van der Waals surface area (Å²) in [5.41, 5.74) is 0.0366. The number of aliphatic imine (C=N–C) groups is 1. The molecule has 0 saturated carbocycles. The molecule has 1 fully saturated rings. The van der Waals surface area contributed by atoms with Crippen LogP contribution in [0.5, 0.6) is 5.75 Å². The number of nitrogens with zero attached hydrogens (tertiary/aromatic N) is 3. The second-order valence-corrected chi connectivity index (χ2v) is 16.5. The maximum Gasteiger partial charge on any atom is 0.472 e. The molecule has 1 aromatic heterocycles. The molecule has 5 N–H and O–H groups in total. The number of rotatable bonds is 32. The van der Waals surface area contributed by atoms with Gasteiger partial charge in [-0.05, 0) is 43.2 Å². The lowest BCUT2D eigenvalue weighted by atomic mass is 9.93. The highest BCUT2D eigenvalue weighted by atomic mass is 31.2. The highest BCUT2D eigenvalue weighted by Gasteiger charge is 2.57. The van der Waals surface area contributed by atoms with Gasteiger partial charge in [-0.1, -0.05) is 109 Å². The Kier molecular flexibility index (Phi) is 23.2. The van der Waals surface area contributed by atoms with Crippen molar-refractivity contribution in [2.24, 2.45) is 4.99 Å². The Morgan fingerprint density at radius 2 is 1.59 bits per heavy atom. The van der Waals surface area contributed by atoms with Crippen LogP contribution in [-0.2, 0) is 40.0 Å². The number of nitrogens with one attached hydrogen (secondary N) is 2. The number of phosphoric acid groups is 1. The summed E-state index contributed by atoms with van der Waals surface area (Å²) in [5, 5.41) is 48.3. The van der Waals surface area contributed by atoms with Gasteiger partial charge >= 0.3 is 7.82 Å². The zero-order valence-electron chi connectivity index (χ0n) is 35.1. The summed E-state index contributed by atoms with van der Waals surface area (Å²) in [5.74, 6) is 0.389. The second-order valence-electron chi connectivity index (χ2n) is 15.1. The van der Waals surface area contributed by atoms with E-state index in [1.54, 1.807) is 31.2 Å². The van der Waals surface area contributed by atoms with Crippen molar-refractivity contribution >= 4 is 19.9 Å². The summed E-state index contributed by atoms with van der Waals surface area (Å²) < 4.78 is 46.5. The van der Waals surface area contributed by atoms with Crippen LogP contribution in [0.4, 0.5) is 0 Å². The van der Waals surface area contributed by atoms with Crippen LogP contribution in [0.2, 0.25) is 0 Å². The Labute approximate surface area is 350 Å². The Morgan fingerprint density at radius 3 is 2.17 bits per heavy atom. The van der Waals surface area contributed by atoms with E-state index in [4.69, 9.17) is 33.4 Å². The minimum Gasteiger partial charge on any atom is -0.495 e. The van der Waals surface area contributed by atoms with Crippen LogP contribution in [0, 0.1) is 28.1 Å². The van der Waals surface area contributed by atoms with Crippen molar-refractivity contribution in [3.8, 4) is 17.9 Å². The molecule has 0 spiro atoms. The van der Waals surface area contributed by atoms with E-state index in [0.29, 0.717) is 34.9 Å². The quantitative estimate of drug-likeness (QED) is 0.0203. The van der Waals surface area contributed by atoms with Crippen LogP contribution in [0.25, 0.3) is 0 Å². The van der Waals surface area contributed by atoms with Gasteiger partial charge in [-0.2, -0.15) is 10.5 Å². The summed E-state index contributed by atoms with van der Waals surface area (Å²) in [4.78, 5) is 17.4.